The zero-order valence-corrected chi connectivity index (χ0v) is 16.7. The van der Waals surface area contributed by atoms with E-state index in [0.29, 0.717) is 28.0 Å². The summed E-state index contributed by atoms with van der Waals surface area (Å²) in [6, 6.07) is 16.7. The zero-order valence-electron chi connectivity index (χ0n) is 15.9. The van der Waals surface area contributed by atoms with Crippen molar-refractivity contribution in [2.45, 2.75) is 11.1 Å². The van der Waals surface area contributed by atoms with Gasteiger partial charge in [0.05, 0.1) is 21.5 Å². The fourth-order valence-corrected chi connectivity index (χ4v) is 4.06. The Balaban J connectivity index is 1.72. The summed E-state index contributed by atoms with van der Waals surface area (Å²) in [5, 5.41) is 5.31. The van der Waals surface area contributed by atoms with Crippen LogP contribution in [0.2, 0.25) is 0 Å². The average Bonchev–Trinajstić information content (AvgIpc) is 3.13. The molecule has 0 atom stereocenters. The van der Waals surface area contributed by atoms with Gasteiger partial charge in [0.25, 0.3) is 0 Å². The van der Waals surface area contributed by atoms with Gasteiger partial charge in [0.1, 0.15) is 5.82 Å². The average molecular weight is 443 g/mol. The summed E-state index contributed by atoms with van der Waals surface area (Å²) in [5.41, 5.74) is 1.53. The number of imidazole rings is 1. The first-order chi connectivity index (χ1) is 14.6. The van der Waals surface area contributed by atoms with E-state index in [0.717, 1.165) is 6.07 Å². The van der Waals surface area contributed by atoms with Crippen LogP contribution in [0.25, 0.3) is 34.3 Å². The number of benzene rings is 3. The molecule has 3 N–H and O–H groups in total. The number of halogens is 3. The van der Waals surface area contributed by atoms with E-state index in [1.54, 1.807) is 36.4 Å². The predicted molar refractivity (Wildman–Crippen MR) is 113 cm³/mol. The maximum absolute atomic E-state index is 13.2. The summed E-state index contributed by atoms with van der Waals surface area (Å²) in [6.07, 6.45) is -1.65. The first kappa shape index (κ1) is 20.8. The lowest BCUT2D eigenvalue weighted by atomic mass is 10.1. The molecule has 31 heavy (non-hydrogen) atoms. The summed E-state index contributed by atoms with van der Waals surface area (Å²) < 4.78 is 63.2. The Morgan fingerprint density at radius 3 is 2.39 bits per heavy atom. The van der Waals surface area contributed by atoms with E-state index in [-0.39, 0.29) is 10.5 Å². The minimum atomic E-state index is -4.46. The Bertz CT molecular complexity index is 1410. The highest BCUT2D eigenvalue weighted by molar-refractivity contribution is 7.89. The third kappa shape index (κ3) is 4.37. The van der Waals surface area contributed by atoms with Crippen LogP contribution < -0.4 is 5.14 Å². The van der Waals surface area contributed by atoms with Gasteiger partial charge in [-0.05, 0) is 41.5 Å². The molecule has 3 aromatic carbocycles. The van der Waals surface area contributed by atoms with Crippen molar-refractivity contribution in [3.63, 3.8) is 0 Å². The first-order valence-corrected chi connectivity index (χ1v) is 10.6. The number of nitrogens with two attached hydrogens (primary N) is 1. The van der Waals surface area contributed by atoms with Crippen molar-refractivity contribution in [1.29, 1.82) is 0 Å². The van der Waals surface area contributed by atoms with Gasteiger partial charge in [0.15, 0.2) is 0 Å². The van der Waals surface area contributed by atoms with E-state index in [4.69, 9.17) is 5.14 Å². The van der Waals surface area contributed by atoms with Gasteiger partial charge >= 0.3 is 6.18 Å². The SMILES string of the molecule is NS(=O)(=O)c1ccccc1-c1ccc2nc(/C=C/c3ccccc3C(F)(F)F)[nH]c2c1. The largest absolute Gasteiger partial charge is 0.416 e. The Labute approximate surface area is 176 Å². The molecule has 9 heteroatoms. The van der Waals surface area contributed by atoms with E-state index in [1.807, 2.05) is 0 Å². The lowest BCUT2D eigenvalue weighted by Gasteiger charge is -2.09. The van der Waals surface area contributed by atoms with Crippen molar-refractivity contribution in [2.75, 3.05) is 0 Å². The number of aromatic amines is 1. The molecule has 0 aliphatic heterocycles. The molecule has 0 amide bonds. The summed E-state index contributed by atoms with van der Waals surface area (Å²) in [4.78, 5) is 7.39. The highest BCUT2D eigenvalue weighted by atomic mass is 32.2. The highest BCUT2D eigenvalue weighted by Gasteiger charge is 2.32. The number of hydrogen-bond donors (Lipinski definition) is 2. The van der Waals surface area contributed by atoms with Crippen LogP contribution in [-0.4, -0.2) is 18.4 Å². The third-order valence-electron chi connectivity index (χ3n) is 4.69. The lowest BCUT2D eigenvalue weighted by molar-refractivity contribution is -0.137. The molecule has 0 radical (unpaired) electrons. The Morgan fingerprint density at radius 2 is 1.65 bits per heavy atom. The number of alkyl halides is 3. The van der Waals surface area contributed by atoms with Gasteiger partial charge in [0.2, 0.25) is 10.0 Å². The molecule has 158 valence electrons. The molecule has 0 spiro atoms. The van der Waals surface area contributed by atoms with Crippen molar-refractivity contribution in [3.05, 3.63) is 83.7 Å². The molecule has 0 saturated carbocycles. The molecule has 1 aromatic heterocycles. The minimum absolute atomic E-state index is 0.00209. The summed E-state index contributed by atoms with van der Waals surface area (Å²) in [5.74, 6) is 0.365. The number of nitrogens with one attached hydrogen (secondary N) is 1. The zero-order chi connectivity index (χ0) is 22.2. The molecule has 0 bridgehead atoms. The maximum Gasteiger partial charge on any atom is 0.416 e. The molecule has 0 unspecified atom stereocenters. The van der Waals surface area contributed by atoms with Gasteiger partial charge in [-0.1, -0.05) is 48.5 Å². The normalized spacial score (nSPS) is 12.6. The summed E-state index contributed by atoms with van der Waals surface area (Å²) >= 11 is 0. The van der Waals surface area contributed by atoms with Gasteiger partial charge < -0.3 is 4.98 Å². The third-order valence-corrected chi connectivity index (χ3v) is 5.66. The van der Waals surface area contributed by atoms with E-state index >= 15 is 0 Å². The van der Waals surface area contributed by atoms with Crippen LogP contribution in [0.4, 0.5) is 13.2 Å². The number of sulfonamides is 1. The van der Waals surface area contributed by atoms with E-state index in [9.17, 15) is 21.6 Å². The quantitative estimate of drug-likeness (QED) is 0.462. The van der Waals surface area contributed by atoms with Gasteiger partial charge in [-0.15, -0.1) is 0 Å². The number of rotatable bonds is 4. The Hall–Kier alpha value is -3.43. The minimum Gasteiger partial charge on any atom is -0.338 e. The Kier molecular flexibility index (Phi) is 5.16. The molecule has 1 heterocycles. The standard InChI is InChI=1S/C22H16F3N3O2S/c23-22(24,25)17-7-3-1-5-14(17)10-12-21-27-18-11-9-15(13-19(18)28-21)16-6-2-4-8-20(16)31(26,29)30/h1-13H,(H,27,28)(H2,26,29,30)/b12-10+. The molecule has 4 rings (SSSR count). The molecule has 0 fully saturated rings. The number of nitrogens with zero attached hydrogens (tertiary/aromatic N) is 1. The lowest BCUT2D eigenvalue weighted by Crippen LogP contribution is -2.13. The van der Waals surface area contributed by atoms with E-state index in [1.165, 1.54) is 36.4 Å². The summed E-state index contributed by atoms with van der Waals surface area (Å²) in [6.45, 7) is 0. The van der Waals surface area contributed by atoms with E-state index < -0.39 is 21.8 Å². The summed E-state index contributed by atoms with van der Waals surface area (Å²) in [7, 11) is -3.91. The van der Waals surface area contributed by atoms with Crippen molar-refractivity contribution in [2.24, 2.45) is 5.14 Å². The van der Waals surface area contributed by atoms with Crippen LogP contribution in [0, 0.1) is 0 Å². The van der Waals surface area contributed by atoms with Crippen LogP contribution >= 0.6 is 0 Å². The second-order valence-corrected chi connectivity index (χ2v) is 8.34. The molecule has 0 aliphatic carbocycles. The van der Waals surface area contributed by atoms with Gasteiger partial charge in [-0.3, -0.25) is 0 Å². The number of primary sulfonamides is 1. The maximum atomic E-state index is 13.2. The molecular weight excluding hydrogens is 427 g/mol. The van der Waals surface area contributed by atoms with Crippen molar-refractivity contribution in [3.8, 4) is 11.1 Å². The topological polar surface area (TPSA) is 88.8 Å². The van der Waals surface area contributed by atoms with Gasteiger partial charge in [-0.2, -0.15) is 13.2 Å². The second kappa shape index (κ2) is 7.68. The number of fused-ring (bicyclic) bond motifs is 1. The Morgan fingerprint density at radius 1 is 0.935 bits per heavy atom. The smallest absolute Gasteiger partial charge is 0.338 e. The van der Waals surface area contributed by atoms with Crippen molar-refractivity contribution >= 4 is 33.2 Å². The second-order valence-electron chi connectivity index (χ2n) is 6.81. The van der Waals surface area contributed by atoms with Crippen molar-refractivity contribution in [1.82, 2.24) is 9.97 Å². The van der Waals surface area contributed by atoms with Crippen LogP contribution in [0.1, 0.15) is 17.0 Å². The molecule has 0 aliphatic rings. The van der Waals surface area contributed by atoms with E-state index in [2.05, 4.69) is 9.97 Å². The number of hydrogen-bond acceptors (Lipinski definition) is 3. The molecule has 0 saturated heterocycles. The van der Waals surface area contributed by atoms with Gasteiger partial charge in [-0.25, -0.2) is 18.5 Å². The molecular formula is C22H16F3N3O2S. The fourth-order valence-electron chi connectivity index (χ4n) is 3.30. The fraction of sp³-hybridized carbons (Fsp3) is 0.0455. The van der Waals surface area contributed by atoms with Crippen molar-refractivity contribution < 1.29 is 21.6 Å². The van der Waals surface area contributed by atoms with Crippen LogP contribution in [0.5, 0.6) is 0 Å². The predicted octanol–water partition coefficient (Wildman–Crippen LogP) is 5.07. The molecule has 5 nitrogen and oxygen atoms in total. The van der Waals surface area contributed by atoms with Crippen LogP contribution in [-0.2, 0) is 16.2 Å². The monoisotopic (exact) mass is 443 g/mol. The van der Waals surface area contributed by atoms with Crippen LogP contribution in [0.3, 0.4) is 0 Å². The van der Waals surface area contributed by atoms with Crippen LogP contribution in [0.15, 0.2) is 71.6 Å². The number of H-pyrrole nitrogens is 1. The van der Waals surface area contributed by atoms with Gasteiger partial charge in [0, 0.05) is 5.56 Å². The number of aromatic nitrogens is 2. The first-order valence-electron chi connectivity index (χ1n) is 9.09. The molecule has 4 aromatic rings. The highest BCUT2D eigenvalue weighted by Crippen LogP contribution is 2.33.